The predicted molar refractivity (Wildman–Crippen MR) is 163 cm³/mol. The summed E-state index contributed by atoms with van der Waals surface area (Å²) in [5.74, 6) is -0.248. The van der Waals surface area contributed by atoms with Crippen LogP contribution in [0.4, 0.5) is 0 Å². The van der Waals surface area contributed by atoms with Crippen LogP contribution in [0.15, 0.2) is 0 Å². The summed E-state index contributed by atoms with van der Waals surface area (Å²) in [6, 6.07) is 0. The maximum Gasteiger partial charge on any atom is 0.264 e. The van der Waals surface area contributed by atoms with Crippen molar-refractivity contribution in [2.45, 2.75) is 156 Å². The highest BCUT2D eigenvalue weighted by Crippen LogP contribution is 2.09. The molecule has 0 amide bonds. The molecule has 9 nitrogen and oxygen atoms in total. The van der Waals surface area contributed by atoms with Crippen molar-refractivity contribution in [2.75, 3.05) is 17.3 Å². The lowest BCUT2D eigenvalue weighted by atomic mass is 10.1. The van der Waals surface area contributed by atoms with Crippen molar-refractivity contribution in [3.05, 3.63) is 0 Å². The first kappa shape index (κ1) is 43.2. The Balaban J connectivity index is -0.000000500. The average Bonchev–Trinajstić information content (AvgIpc) is 2.81. The van der Waals surface area contributed by atoms with Gasteiger partial charge in [-0.25, -0.2) is 0 Å². The summed E-state index contributed by atoms with van der Waals surface area (Å²) in [6.07, 6.45) is 22.5. The van der Waals surface area contributed by atoms with Gasteiger partial charge in [0.05, 0.1) is 17.3 Å². The normalized spacial score (nSPS) is 11.8. The summed E-state index contributed by atoms with van der Waals surface area (Å²) in [7, 11) is -11.2. The summed E-state index contributed by atoms with van der Waals surface area (Å²) in [4.78, 5) is 0. The van der Waals surface area contributed by atoms with E-state index >= 15 is 0 Å². The number of unbranched alkanes of at least 4 members (excludes halogenated alkanes) is 18. The van der Waals surface area contributed by atoms with E-state index in [9.17, 15) is 25.3 Å². The standard InChI is InChI=1S/C10H22O3S.C9H20O3S.C8H18O3S/c1-2-3-4-5-6-7-8-9-10-14(11,12)13;1-2-3-4-5-6-7-8-9-13(10,11)12;1-2-3-4-5-6-7-8-12(9,10)11/h2-10H2,1H3,(H,11,12,13);2-9H2,1H3,(H,10,11,12);2-8H2,1H3,(H,9,10,11). The van der Waals surface area contributed by atoms with Gasteiger partial charge in [0, 0.05) is 0 Å². The van der Waals surface area contributed by atoms with E-state index in [-0.39, 0.29) is 17.3 Å². The minimum Gasteiger partial charge on any atom is -0.286 e. The molecule has 0 unspecified atom stereocenters. The molecule has 0 saturated carbocycles. The maximum atomic E-state index is 10.4. The molecule has 0 fully saturated rings. The molecule has 240 valence electrons. The minimum atomic E-state index is -3.73. The molecular formula is C27H60O9S3. The van der Waals surface area contributed by atoms with Crippen LogP contribution in [0.25, 0.3) is 0 Å². The van der Waals surface area contributed by atoms with E-state index in [1.54, 1.807) is 0 Å². The lowest BCUT2D eigenvalue weighted by Crippen LogP contribution is -2.03. The molecule has 0 heterocycles. The van der Waals surface area contributed by atoms with Gasteiger partial charge in [-0.2, -0.15) is 25.3 Å². The van der Waals surface area contributed by atoms with Crippen LogP contribution >= 0.6 is 0 Å². The van der Waals surface area contributed by atoms with Crippen LogP contribution < -0.4 is 0 Å². The number of hydrogen-bond donors (Lipinski definition) is 3. The second-order valence-corrected chi connectivity index (χ2v) is 14.9. The second kappa shape index (κ2) is 29.2. The molecule has 0 radical (unpaired) electrons. The van der Waals surface area contributed by atoms with E-state index in [1.807, 2.05) is 0 Å². The third kappa shape index (κ3) is 54.5. The van der Waals surface area contributed by atoms with Gasteiger partial charge >= 0.3 is 0 Å². The summed E-state index contributed by atoms with van der Waals surface area (Å²) in [5, 5.41) is 0. The molecule has 0 aromatic carbocycles. The van der Waals surface area contributed by atoms with Gasteiger partial charge in [0.25, 0.3) is 30.4 Å². The van der Waals surface area contributed by atoms with E-state index in [4.69, 9.17) is 13.7 Å². The molecule has 39 heavy (non-hydrogen) atoms. The van der Waals surface area contributed by atoms with Gasteiger partial charge < -0.3 is 0 Å². The third-order valence-electron chi connectivity index (χ3n) is 6.02. The summed E-state index contributed by atoms with van der Waals surface area (Å²) >= 11 is 0. The SMILES string of the molecule is CCCCCCCCCCS(=O)(=O)O.CCCCCCCCCS(=O)(=O)O.CCCCCCCCS(=O)(=O)O. The van der Waals surface area contributed by atoms with Crippen molar-refractivity contribution in [1.29, 1.82) is 0 Å². The Bertz CT molecular complexity index is 809. The van der Waals surface area contributed by atoms with E-state index in [1.165, 1.54) is 77.0 Å². The summed E-state index contributed by atoms with van der Waals surface area (Å²) in [5.41, 5.74) is 0. The van der Waals surface area contributed by atoms with E-state index in [0.717, 1.165) is 38.5 Å². The first-order valence-corrected chi connectivity index (χ1v) is 19.9. The Hall–Kier alpha value is -0.270. The van der Waals surface area contributed by atoms with Gasteiger partial charge in [-0.05, 0) is 19.3 Å². The highest BCUT2D eigenvalue weighted by molar-refractivity contribution is 7.86. The minimum absolute atomic E-state index is 0.0814. The second-order valence-electron chi connectivity index (χ2n) is 10.2. The van der Waals surface area contributed by atoms with E-state index < -0.39 is 30.4 Å². The topological polar surface area (TPSA) is 163 Å². The van der Waals surface area contributed by atoms with Crippen LogP contribution in [0.3, 0.4) is 0 Å². The molecule has 0 aliphatic heterocycles. The van der Waals surface area contributed by atoms with E-state index in [0.29, 0.717) is 19.3 Å². The Kier molecular flexibility index (Phi) is 32.4. The highest BCUT2D eigenvalue weighted by atomic mass is 32.2. The molecular weight excluding hydrogens is 564 g/mol. The third-order valence-corrected chi connectivity index (χ3v) is 8.43. The summed E-state index contributed by atoms with van der Waals surface area (Å²) in [6.45, 7) is 6.49. The molecule has 0 bridgehead atoms. The molecule has 0 aliphatic rings. The fourth-order valence-corrected chi connectivity index (χ4v) is 5.43. The van der Waals surface area contributed by atoms with Crippen molar-refractivity contribution < 1.29 is 38.9 Å². The molecule has 0 rings (SSSR count). The smallest absolute Gasteiger partial charge is 0.264 e. The van der Waals surface area contributed by atoms with Crippen molar-refractivity contribution >= 4 is 30.4 Å². The Labute approximate surface area is 241 Å². The van der Waals surface area contributed by atoms with Gasteiger partial charge in [-0.1, -0.05) is 136 Å². The predicted octanol–water partition coefficient (Wildman–Crippen LogP) is 7.87. The highest BCUT2D eigenvalue weighted by Gasteiger charge is 2.04. The van der Waals surface area contributed by atoms with Gasteiger partial charge in [0.2, 0.25) is 0 Å². The molecule has 3 N–H and O–H groups in total. The van der Waals surface area contributed by atoms with Gasteiger partial charge in [-0.3, -0.25) is 13.7 Å². The van der Waals surface area contributed by atoms with Crippen LogP contribution in [0.2, 0.25) is 0 Å². The Morgan fingerprint density at radius 1 is 0.308 bits per heavy atom. The maximum absolute atomic E-state index is 10.4. The lowest BCUT2D eigenvalue weighted by molar-refractivity contribution is 0.476. The molecule has 0 aromatic rings. The lowest BCUT2D eigenvalue weighted by Gasteiger charge is -2.00. The first-order chi connectivity index (χ1) is 18.2. The van der Waals surface area contributed by atoms with Gasteiger partial charge in [-0.15, -0.1) is 0 Å². The molecule has 0 saturated heterocycles. The summed E-state index contributed by atoms with van der Waals surface area (Å²) < 4.78 is 87.2. The fraction of sp³-hybridized carbons (Fsp3) is 1.00. The molecule has 0 aliphatic carbocycles. The zero-order valence-electron chi connectivity index (χ0n) is 25.0. The van der Waals surface area contributed by atoms with Crippen LogP contribution in [-0.4, -0.2) is 56.2 Å². The Morgan fingerprint density at radius 3 is 0.615 bits per heavy atom. The molecule has 12 heteroatoms. The fourth-order valence-electron chi connectivity index (χ4n) is 3.72. The van der Waals surface area contributed by atoms with Crippen molar-refractivity contribution in [2.24, 2.45) is 0 Å². The van der Waals surface area contributed by atoms with E-state index in [2.05, 4.69) is 20.8 Å². The number of hydrogen-bond acceptors (Lipinski definition) is 6. The van der Waals surface area contributed by atoms with Crippen LogP contribution in [0.1, 0.15) is 156 Å². The van der Waals surface area contributed by atoms with Crippen LogP contribution in [0, 0.1) is 0 Å². The monoisotopic (exact) mass is 624 g/mol. The van der Waals surface area contributed by atoms with Crippen LogP contribution in [-0.2, 0) is 30.4 Å². The van der Waals surface area contributed by atoms with Gasteiger partial charge in [0.15, 0.2) is 0 Å². The molecule has 0 spiro atoms. The first-order valence-electron chi connectivity index (χ1n) is 15.0. The van der Waals surface area contributed by atoms with Crippen molar-refractivity contribution in [1.82, 2.24) is 0 Å². The quantitative estimate of drug-likeness (QED) is 0.0716. The Morgan fingerprint density at radius 2 is 0.462 bits per heavy atom. The molecule has 0 aromatic heterocycles. The van der Waals surface area contributed by atoms with Crippen molar-refractivity contribution in [3.8, 4) is 0 Å². The zero-order valence-corrected chi connectivity index (χ0v) is 27.4. The van der Waals surface area contributed by atoms with Crippen molar-refractivity contribution in [3.63, 3.8) is 0 Å². The largest absolute Gasteiger partial charge is 0.286 e. The zero-order chi connectivity index (χ0) is 30.5. The average molecular weight is 625 g/mol. The van der Waals surface area contributed by atoms with Crippen LogP contribution in [0.5, 0.6) is 0 Å². The number of rotatable bonds is 24. The molecule has 0 atom stereocenters. The van der Waals surface area contributed by atoms with Gasteiger partial charge in [0.1, 0.15) is 0 Å².